The van der Waals surface area contributed by atoms with Crippen molar-refractivity contribution in [2.45, 2.75) is 12.8 Å². The zero-order chi connectivity index (χ0) is 6.97. The van der Waals surface area contributed by atoms with Crippen LogP contribution in [-0.2, 0) is 4.79 Å². The lowest BCUT2D eigenvalue weighted by Crippen LogP contribution is -2.02. The molecule has 0 aromatic rings. The van der Waals surface area contributed by atoms with E-state index in [-0.39, 0.29) is 5.78 Å². The minimum Gasteiger partial charge on any atom is -0.292 e. The lowest BCUT2D eigenvalue weighted by molar-refractivity contribution is -0.114. The Hall–Kier alpha value is -1.18. The third-order valence-electron chi connectivity index (χ3n) is 1.72. The van der Waals surface area contributed by atoms with Crippen molar-refractivity contribution < 1.29 is 4.79 Å². The largest absolute Gasteiger partial charge is 0.292 e. The summed E-state index contributed by atoms with van der Waals surface area (Å²) in [5.74, 6) is 0.159. The average Bonchev–Trinajstić information content (AvgIpc) is 2.36. The number of aliphatic imine (C=N–C) groups is 1. The first kappa shape index (κ1) is 5.59. The summed E-state index contributed by atoms with van der Waals surface area (Å²) >= 11 is 0. The van der Waals surface area contributed by atoms with E-state index in [1.54, 1.807) is 6.21 Å². The average molecular weight is 133 g/mol. The Morgan fingerprint density at radius 3 is 3.10 bits per heavy atom. The van der Waals surface area contributed by atoms with Crippen molar-refractivity contribution >= 4 is 12.0 Å². The van der Waals surface area contributed by atoms with Crippen LogP contribution in [0.1, 0.15) is 12.8 Å². The Bertz CT molecular complexity index is 271. The second-order valence-electron chi connectivity index (χ2n) is 2.42. The van der Waals surface area contributed by atoms with E-state index in [2.05, 4.69) is 4.99 Å². The molecule has 0 N–H and O–H groups in total. The third kappa shape index (κ3) is 0.652. The van der Waals surface area contributed by atoms with Gasteiger partial charge in [-0.1, -0.05) is 12.2 Å². The molecule has 2 heteroatoms. The van der Waals surface area contributed by atoms with Gasteiger partial charge in [0.2, 0.25) is 0 Å². The quantitative estimate of drug-likeness (QED) is 0.489. The van der Waals surface area contributed by atoms with Gasteiger partial charge in [-0.05, 0) is 5.57 Å². The van der Waals surface area contributed by atoms with Crippen molar-refractivity contribution in [3.05, 3.63) is 23.4 Å². The Labute approximate surface area is 59.0 Å². The van der Waals surface area contributed by atoms with Gasteiger partial charge in [0.05, 0.1) is 0 Å². The summed E-state index contributed by atoms with van der Waals surface area (Å²) in [5.41, 5.74) is 1.76. The molecule has 0 saturated carbocycles. The molecule has 0 radical (unpaired) electrons. The monoisotopic (exact) mass is 133 g/mol. The normalized spacial score (nSPS) is 22.2. The molecule has 2 aliphatic rings. The van der Waals surface area contributed by atoms with Gasteiger partial charge in [0.1, 0.15) is 5.70 Å². The van der Waals surface area contributed by atoms with Gasteiger partial charge in [-0.2, -0.15) is 0 Å². The highest BCUT2D eigenvalue weighted by atomic mass is 16.1. The summed E-state index contributed by atoms with van der Waals surface area (Å²) in [6, 6.07) is 0. The van der Waals surface area contributed by atoms with E-state index in [0.29, 0.717) is 12.1 Å². The Balaban J connectivity index is 2.46. The van der Waals surface area contributed by atoms with E-state index in [1.165, 1.54) is 0 Å². The summed E-state index contributed by atoms with van der Waals surface area (Å²) in [6.45, 7) is 0. The van der Waals surface area contributed by atoms with Crippen LogP contribution < -0.4 is 0 Å². The molecule has 0 amide bonds. The van der Waals surface area contributed by atoms with E-state index in [9.17, 15) is 4.79 Å². The SMILES string of the molecule is O=C1CC=CC2=C1N=CC2. The van der Waals surface area contributed by atoms with Crippen LogP contribution in [0.15, 0.2) is 28.4 Å². The number of rotatable bonds is 0. The molecule has 0 spiro atoms. The maximum absolute atomic E-state index is 11.1. The number of nitrogens with zero attached hydrogens (tertiary/aromatic N) is 1. The Morgan fingerprint density at radius 2 is 2.30 bits per heavy atom. The molecule has 0 unspecified atom stereocenters. The molecule has 0 fully saturated rings. The third-order valence-corrected chi connectivity index (χ3v) is 1.72. The predicted molar refractivity (Wildman–Crippen MR) is 38.9 cm³/mol. The predicted octanol–water partition coefficient (Wildman–Crippen LogP) is 1.24. The number of hydrogen-bond donors (Lipinski definition) is 0. The number of allylic oxidation sites excluding steroid dienone is 4. The molecule has 1 aliphatic heterocycles. The standard InChI is InChI=1S/C8H7NO/c10-7-3-1-2-6-4-5-9-8(6)7/h1-2,5H,3-4H2. The first-order chi connectivity index (χ1) is 4.88. The lowest BCUT2D eigenvalue weighted by atomic mass is 10.0. The number of ketones is 1. The minimum absolute atomic E-state index is 0.159. The van der Waals surface area contributed by atoms with Crippen LogP contribution in [0.4, 0.5) is 0 Å². The van der Waals surface area contributed by atoms with Crippen molar-refractivity contribution in [2.75, 3.05) is 0 Å². The molecule has 0 aromatic heterocycles. The fourth-order valence-corrected chi connectivity index (χ4v) is 1.22. The van der Waals surface area contributed by atoms with Crippen molar-refractivity contribution in [2.24, 2.45) is 4.99 Å². The molecule has 1 aliphatic carbocycles. The molecular weight excluding hydrogens is 126 g/mol. The van der Waals surface area contributed by atoms with Gasteiger partial charge in [0.25, 0.3) is 0 Å². The van der Waals surface area contributed by atoms with E-state index in [0.717, 1.165) is 12.0 Å². The van der Waals surface area contributed by atoms with E-state index >= 15 is 0 Å². The topological polar surface area (TPSA) is 29.4 Å². The molecule has 10 heavy (non-hydrogen) atoms. The Morgan fingerprint density at radius 1 is 1.40 bits per heavy atom. The first-order valence-corrected chi connectivity index (χ1v) is 3.33. The summed E-state index contributed by atoms with van der Waals surface area (Å²) in [4.78, 5) is 15.0. The molecule has 0 saturated heterocycles. The number of carbonyl (C=O) groups is 1. The van der Waals surface area contributed by atoms with Crippen molar-refractivity contribution in [3.8, 4) is 0 Å². The first-order valence-electron chi connectivity index (χ1n) is 3.33. The molecular formula is C8H7NO. The van der Waals surface area contributed by atoms with Crippen LogP contribution in [-0.4, -0.2) is 12.0 Å². The maximum Gasteiger partial charge on any atom is 0.185 e. The molecule has 50 valence electrons. The summed E-state index contributed by atoms with van der Waals surface area (Å²) in [5, 5.41) is 0. The second-order valence-corrected chi connectivity index (χ2v) is 2.42. The van der Waals surface area contributed by atoms with Crippen LogP contribution in [0.5, 0.6) is 0 Å². The molecule has 0 atom stereocenters. The van der Waals surface area contributed by atoms with Gasteiger partial charge >= 0.3 is 0 Å². The maximum atomic E-state index is 11.1. The van der Waals surface area contributed by atoms with Gasteiger partial charge in [0, 0.05) is 19.1 Å². The van der Waals surface area contributed by atoms with Gasteiger partial charge < -0.3 is 0 Å². The summed E-state index contributed by atoms with van der Waals surface area (Å²) in [6.07, 6.45) is 7.03. The smallest absolute Gasteiger partial charge is 0.185 e. The van der Waals surface area contributed by atoms with Gasteiger partial charge in [-0.25, -0.2) is 0 Å². The zero-order valence-corrected chi connectivity index (χ0v) is 5.50. The highest BCUT2D eigenvalue weighted by molar-refractivity contribution is 6.01. The fraction of sp³-hybridized carbons (Fsp3) is 0.250. The highest BCUT2D eigenvalue weighted by Crippen LogP contribution is 2.22. The minimum atomic E-state index is 0.159. The molecule has 2 rings (SSSR count). The number of carbonyl (C=O) groups excluding carboxylic acids is 1. The molecule has 0 bridgehead atoms. The second kappa shape index (κ2) is 1.90. The number of Topliss-reactive ketones (excluding diaryl/α,β-unsaturated/α-hetero) is 1. The van der Waals surface area contributed by atoms with E-state index in [4.69, 9.17) is 0 Å². The summed E-state index contributed by atoms with van der Waals surface area (Å²) < 4.78 is 0. The lowest BCUT2D eigenvalue weighted by Gasteiger charge is -2.03. The number of hydrogen-bond acceptors (Lipinski definition) is 2. The van der Waals surface area contributed by atoms with Crippen LogP contribution in [0.25, 0.3) is 0 Å². The van der Waals surface area contributed by atoms with E-state index < -0.39 is 0 Å². The van der Waals surface area contributed by atoms with Crippen molar-refractivity contribution in [1.29, 1.82) is 0 Å². The molecule has 2 nitrogen and oxygen atoms in total. The van der Waals surface area contributed by atoms with Gasteiger partial charge in [-0.3, -0.25) is 9.79 Å². The zero-order valence-electron chi connectivity index (χ0n) is 5.50. The molecule has 0 aromatic carbocycles. The van der Waals surface area contributed by atoms with Gasteiger partial charge in [0.15, 0.2) is 5.78 Å². The molecule has 1 heterocycles. The van der Waals surface area contributed by atoms with Gasteiger partial charge in [-0.15, -0.1) is 0 Å². The van der Waals surface area contributed by atoms with Crippen molar-refractivity contribution in [3.63, 3.8) is 0 Å². The Kier molecular flexibility index (Phi) is 1.07. The van der Waals surface area contributed by atoms with Crippen LogP contribution in [0.2, 0.25) is 0 Å². The van der Waals surface area contributed by atoms with Crippen LogP contribution in [0.3, 0.4) is 0 Å². The summed E-state index contributed by atoms with van der Waals surface area (Å²) in [7, 11) is 0. The fourth-order valence-electron chi connectivity index (χ4n) is 1.22. The van der Waals surface area contributed by atoms with Crippen molar-refractivity contribution in [1.82, 2.24) is 0 Å². The van der Waals surface area contributed by atoms with E-state index in [1.807, 2.05) is 12.2 Å². The highest BCUT2D eigenvalue weighted by Gasteiger charge is 2.17. The van der Waals surface area contributed by atoms with Crippen LogP contribution >= 0.6 is 0 Å². The van der Waals surface area contributed by atoms with Crippen LogP contribution in [0, 0.1) is 0 Å².